The third-order valence-electron chi connectivity index (χ3n) is 4.71. The summed E-state index contributed by atoms with van der Waals surface area (Å²) < 4.78 is 45.0. The lowest BCUT2D eigenvalue weighted by molar-refractivity contribution is -0.137. The van der Waals surface area contributed by atoms with Gasteiger partial charge < -0.3 is 14.6 Å². The third kappa shape index (κ3) is 4.17. The first-order chi connectivity index (χ1) is 15.3. The highest BCUT2D eigenvalue weighted by Crippen LogP contribution is 2.30. The molecule has 2 aromatic carbocycles. The van der Waals surface area contributed by atoms with Crippen LogP contribution in [0.2, 0.25) is 0 Å². The van der Waals surface area contributed by atoms with Gasteiger partial charge in [-0.05, 0) is 48.5 Å². The van der Waals surface area contributed by atoms with Crippen LogP contribution in [0.1, 0.15) is 5.56 Å². The highest BCUT2D eigenvalue weighted by molar-refractivity contribution is 6.03. The normalized spacial score (nSPS) is 11.4. The summed E-state index contributed by atoms with van der Waals surface area (Å²) in [4.78, 5) is 25.3. The molecular formula is C21H17F3N6O2. The molecule has 0 aliphatic carbocycles. The molecule has 0 unspecified atom stereocenters. The van der Waals surface area contributed by atoms with Gasteiger partial charge in [0.25, 0.3) is 0 Å². The fraction of sp³-hybridized carbons (Fsp3) is 0.143. The molecule has 0 saturated heterocycles. The van der Waals surface area contributed by atoms with E-state index in [1.165, 1.54) is 18.5 Å². The molecule has 4 rings (SSSR count). The Morgan fingerprint density at radius 1 is 1.00 bits per heavy atom. The number of hydrogen-bond donors (Lipinski definition) is 2. The summed E-state index contributed by atoms with van der Waals surface area (Å²) in [5.74, 6) is 1.47. The molecule has 32 heavy (non-hydrogen) atoms. The van der Waals surface area contributed by atoms with Crippen molar-refractivity contribution in [1.29, 1.82) is 0 Å². The van der Waals surface area contributed by atoms with Gasteiger partial charge in [-0.25, -0.2) is 19.7 Å². The van der Waals surface area contributed by atoms with Gasteiger partial charge in [-0.3, -0.25) is 5.32 Å². The third-order valence-corrected chi connectivity index (χ3v) is 4.71. The van der Waals surface area contributed by atoms with E-state index in [1.54, 1.807) is 30.9 Å². The Hall–Kier alpha value is -4.15. The number of fused-ring (bicyclic) bond motifs is 1. The van der Waals surface area contributed by atoms with Crippen LogP contribution in [0.4, 0.5) is 29.5 Å². The van der Waals surface area contributed by atoms with Crippen molar-refractivity contribution in [2.45, 2.75) is 6.18 Å². The Balaban J connectivity index is 1.57. The number of urea groups is 1. The van der Waals surface area contributed by atoms with Crippen LogP contribution in [0, 0.1) is 0 Å². The number of nitrogens with one attached hydrogen (secondary N) is 2. The lowest BCUT2D eigenvalue weighted by Crippen LogP contribution is -2.20. The van der Waals surface area contributed by atoms with Gasteiger partial charge in [0.15, 0.2) is 17.0 Å². The van der Waals surface area contributed by atoms with Gasteiger partial charge in [0, 0.05) is 18.3 Å². The second kappa shape index (κ2) is 8.17. The molecule has 0 spiro atoms. The van der Waals surface area contributed by atoms with E-state index in [-0.39, 0.29) is 11.5 Å². The fourth-order valence-corrected chi connectivity index (χ4v) is 3.10. The molecule has 0 aliphatic heterocycles. The minimum atomic E-state index is -4.45. The van der Waals surface area contributed by atoms with E-state index in [1.807, 2.05) is 12.1 Å². The first-order valence-corrected chi connectivity index (χ1v) is 9.33. The largest absolute Gasteiger partial charge is 0.497 e. The number of methoxy groups -OCH3 is 1. The molecular weight excluding hydrogens is 425 g/mol. The monoisotopic (exact) mass is 442 g/mol. The van der Waals surface area contributed by atoms with Gasteiger partial charge in [-0.15, -0.1) is 0 Å². The van der Waals surface area contributed by atoms with Crippen LogP contribution >= 0.6 is 0 Å². The van der Waals surface area contributed by atoms with Crippen LogP contribution < -0.4 is 15.4 Å². The minimum absolute atomic E-state index is 0.162. The molecule has 164 valence electrons. The van der Waals surface area contributed by atoms with Crippen molar-refractivity contribution in [2.75, 3.05) is 17.7 Å². The van der Waals surface area contributed by atoms with Gasteiger partial charge in [-0.2, -0.15) is 13.2 Å². The number of hydrogen-bond acceptors (Lipinski definition) is 5. The van der Waals surface area contributed by atoms with E-state index in [0.717, 1.165) is 17.7 Å². The van der Waals surface area contributed by atoms with Crippen molar-refractivity contribution in [3.05, 3.63) is 60.4 Å². The lowest BCUT2D eigenvalue weighted by atomic mass is 10.2. The lowest BCUT2D eigenvalue weighted by Gasteiger charge is -2.09. The molecule has 2 heterocycles. The van der Waals surface area contributed by atoms with Crippen LogP contribution in [0.15, 0.2) is 54.9 Å². The van der Waals surface area contributed by atoms with Gasteiger partial charge >= 0.3 is 12.2 Å². The highest BCUT2D eigenvalue weighted by Gasteiger charge is 2.30. The van der Waals surface area contributed by atoms with Crippen molar-refractivity contribution in [2.24, 2.45) is 7.05 Å². The number of anilines is 2. The van der Waals surface area contributed by atoms with Crippen molar-refractivity contribution in [3.8, 4) is 17.1 Å². The van der Waals surface area contributed by atoms with Crippen LogP contribution in [0.5, 0.6) is 5.75 Å². The van der Waals surface area contributed by atoms with Crippen molar-refractivity contribution >= 4 is 28.7 Å². The molecule has 2 aromatic heterocycles. The van der Waals surface area contributed by atoms with Crippen molar-refractivity contribution in [1.82, 2.24) is 19.5 Å². The Bertz CT molecular complexity index is 1270. The number of imidazole rings is 1. The average molecular weight is 442 g/mol. The maximum Gasteiger partial charge on any atom is 0.416 e. The Kier molecular flexibility index (Phi) is 5.39. The van der Waals surface area contributed by atoms with Gasteiger partial charge in [-0.1, -0.05) is 0 Å². The Labute approximate surface area is 180 Å². The second-order valence-electron chi connectivity index (χ2n) is 6.77. The highest BCUT2D eigenvalue weighted by atomic mass is 19.4. The first kappa shape index (κ1) is 21.1. The number of carbonyl (C=O) groups excluding carboxylic acids is 1. The molecule has 2 amide bonds. The maximum absolute atomic E-state index is 12.7. The van der Waals surface area contributed by atoms with Gasteiger partial charge in [0.05, 0.1) is 12.7 Å². The van der Waals surface area contributed by atoms with E-state index in [4.69, 9.17) is 4.74 Å². The van der Waals surface area contributed by atoms with Crippen molar-refractivity contribution < 1.29 is 22.7 Å². The molecule has 0 radical (unpaired) electrons. The zero-order valence-electron chi connectivity index (χ0n) is 16.9. The van der Waals surface area contributed by atoms with Crippen LogP contribution in [0.3, 0.4) is 0 Å². The number of carbonyl (C=O) groups is 1. The summed E-state index contributed by atoms with van der Waals surface area (Å²) in [6.07, 6.45) is -3.16. The van der Waals surface area contributed by atoms with Crippen LogP contribution in [0.25, 0.3) is 22.6 Å². The fourth-order valence-electron chi connectivity index (χ4n) is 3.10. The quantitative estimate of drug-likeness (QED) is 0.478. The molecule has 0 aliphatic rings. The summed E-state index contributed by atoms with van der Waals surface area (Å²) in [7, 11) is 3.36. The molecule has 2 N–H and O–H groups in total. The van der Waals surface area contributed by atoms with Gasteiger partial charge in [0.1, 0.15) is 17.9 Å². The van der Waals surface area contributed by atoms with Crippen molar-refractivity contribution in [3.63, 3.8) is 0 Å². The topological polar surface area (TPSA) is 94.0 Å². The zero-order valence-corrected chi connectivity index (χ0v) is 16.9. The summed E-state index contributed by atoms with van der Waals surface area (Å²) >= 11 is 0. The standard InChI is InChI=1S/C21H17F3N6O2/c1-30-18(12-3-9-15(32-2)10-4-12)28-16-17(25-11-26-19(16)30)29-20(31)27-14-7-5-13(6-8-14)21(22,23)24/h3-11H,1-2H3,(H2,25,26,27,29,31). The number of amides is 2. The molecule has 11 heteroatoms. The Morgan fingerprint density at radius 2 is 1.69 bits per heavy atom. The number of ether oxygens (including phenoxy) is 1. The minimum Gasteiger partial charge on any atom is -0.497 e. The predicted molar refractivity (Wildman–Crippen MR) is 112 cm³/mol. The summed E-state index contributed by atoms with van der Waals surface area (Å²) in [6.45, 7) is 0. The Morgan fingerprint density at radius 3 is 2.31 bits per heavy atom. The van der Waals surface area contributed by atoms with E-state index in [0.29, 0.717) is 22.7 Å². The second-order valence-corrected chi connectivity index (χ2v) is 6.77. The predicted octanol–water partition coefficient (Wildman–Crippen LogP) is 4.70. The molecule has 4 aromatic rings. The molecule has 0 fully saturated rings. The number of aromatic nitrogens is 4. The van der Waals surface area contributed by atoms with E-state index >= 15 is 0 Å². The average Bonchev–Trinajstić information content (AvgIpc) is 3.11. The number of aryl methyl sites for hydroxylation is 1. The number of alkyl halides is 3. The van der Waals surface area contributed by atoms with E-state index in [2.05, 4.69) is 25.6 Å². The maximum atomic E-state index is 12.7. The zero-order chi connectivity index (χ0) is 22.9. The summed E-state index contributed by atoms with van der Waals surface area (Å²) in [5.41, 5.74) is 1.06. The molecule has 0 atom stereocenters. The number of nitrogens with zero attached hydrogens (tertiary/aromatic N) is 4. The van der Waals surface area contributed by atoms with Crippen LogP contribution in [-0.4, -0.2) is 32.7 Å². The smallest absolute Gasteiger partial charge is 0.416 e. The summed E-state index contributed by atoms with van der Waals surface area (Å²) in [5, 5.41) is 5.04. The molecule has 0 saturated carbocycles. The molecule has 0 bridgehead atoms. The number of benzene rings is 2. The number of rotatable bonds is 4. The summed E-state index contributed by atoms with van der Waals surface area (Å²) in [6, 6.07) is 10.7. The van der Waals surface area contributed by atoms with E-state index in [9.17, 15) is 18.0 Å². The van der Waals surface area contributed by atoms with Gasteiger partial charge in [0.2, 0.25) is 0 Å². The molecule has 8 nitrogen and oxygen atoms in total. The number of halogens is 3. The first-order valence-electron chi connectivity index (χ1n) is 9.33. The SMILES string of the molecule is COc1ccc(-c2nc3c(NC(=O)Nc4ccc(C(F)(F)F)cc4)ncnc3n2C)cc1. The van der Waals surface area contributed by atoms with E-state index < -0.39 is 17.8 Å². The van der Waals surface area contributed by atoms with Crippen LogP contribution in [-0.2, 0) is 13.2 Å².